The van der Waals surface area contributed by atoms with Gasteiger partial charge in [-0.15, -0.1) is 0 Å². The number of hydrogen-bond acceptors (Lipinski definition) is 5. The second-order valence-electron chi connectivity index (χ2n) is 9.80. The molecular formula is C27H30N4O. The molecule has 1 heterocycles. The molecule has 2 aromatic rings. The maximum Gasteiger partial charge on any atom is 0.162 e. The fraction of sp³-hybridized carbons (Fsp3) is 0.333. The minimum atomic E-state index is -0.448. The van der Waals surface area contributed by atoms with Crippen molar-refractivity contribution < 1.29 is 4.79 Å². The van der Waals surface area contributed by atoms with Gasteiger partial charge in [-0.25, -0.2) is 0 Å². The van der Waals surface area contributed by atoms with E-state index in [2.05, 4.69) is 19.9 Å². The summed E-state index contributed by atoms with van der Waals surface area (Å²) >= 11 is 0. The Labute approximate surface area is 190 Å². The molecule has 32 heavy (non-hydrogen) atoms. The molecule has 1 unspecified atom stereocenters. The number of carbonyl (C=O) groups excluding carboxylic acids is 1. The van der Waals surface area contributed by atoms with E-state index in [1.54, 1.807) is 0 Å². The lowest BCUT2D eigenvalue weighted by Gasteiger charge is -2.43. The number of Topliss-reactive ketones (excluding diaryl/α,β-unsaturated/α-hetero) is 1. The summed E-state index contributed by atoms with van der Waals surface area (Å²) in [6, 6.07) is 18.4. The summed E-state index contributed by atoms with van der Waals surface area (Å²) in [6.45, 7) is 6.26. The van der Waals surface area contributed by atoms with Crippen LogP contribution in [0.2, 0.25) is 0 Å². The van der Waals surface area contributed by atoms with Crippen molar-refractivity contribution >= 4 is 17.2 Å². The molecule has 5 nitrogen and oxygen atoms in total. The molecule has 1 atom stereocenters. The molecular weight excluding hydrogens is 396 g/mol. The second kappa shape index (κ2) is 7.87. The van der Waals surface area contributed by atoms with Crippen LogP contribution >= 0.6 is 0 Å². The lowest BCUT2D eigenvalue weighted by atomic mass is 9.68. The molecule has 2 aromatic carbocycles. The molecule has 1 aliphatic heterocycles. The number of rotatable bonds is 3. The van der Waals surface area contributed by atoms with Gasteiger partial charge in [0.05, 0.1) is 17.6 Å². The zero-order valence-corrected chi connectivity index (χ0v) is 19.4. The first-order valence-corrected chi connectivity index (χ1v) is 10.9. The van der Waals surface area contributed by atoms with Gasteiger partial charge in [0, 0.05) is 43.2 Å². The number of benzene rings is 2. The molecule has 0 amide bonds. The Morgan fingerprint density at radius 2 is 1.69 bits per heavy atom. The Hall–Kier alpha value is -3.52. The number of nitrogens with two attached hydrogens (primary N) is 1. The van der Waals surface area contributed by atoms with Gasteiger partial charge in [0.2, 0.25) is 0 Å². The molecule has 5 heteroatoms. The van der Waals surface area contributed by atoms with Crippen LogP contribution in [-0.2, 0) is 4.79 Å². The average molecular weight is 427 g/mol. The van der Waals surface area contributed by atoms with Crippen molar-refractivity contribution in [3.8, 4) is 6.07 Å². The fourth-order valence-electron chi connectivity index (χ4n) is 4.80. The standard InChI is InChI=1S/C27H30N4O/c1-17-6-10-20(11-7-17)31-22-14-27(2,3)15-23(32)25(22)24(21(16-28)26(31)29)18-8-12-19(13-9-18)30(4)5/h6-13,24H,14-15,29H2,1-5H3. The van der Waals surface area contributed by atoms with Crippen molar-refractivity contribution in [2.45, 2.75) is 39.5 Å². The molecule has 0 saturated heterocycles. The van der Waals surface area contributed by atoms with Crippen molar-refractivity contribution in [1.29, 1.82) is 5.26 Å². The number of nitriles is 1. The van der Waals surface area contributed by atoms with Gasteiger partial charge in [-0.1, -0.05) is 43.7 Å². The van der Waals surface area contributed by atoms with Crippen molar-refractivity contribution in [1.82, 2.24) is 0 Å². The van der Waals surface area contributed by atoms with E-state index in [9.17, 15) is 10.1 Å². The largest absolute Gasteiger partial charge is 0.384 e. The number of aryl methyl sites for hydroxylation is 1. The monoisotopic (exact) mass is 426 g/mol. The number of anilines is 2. The zero-order chi connectivity index (χ0) is 23.2. The minimum absolute atomic E-state index is 0.0929. The number of hydrogen-bond donors (Lipinski definition) is 1. The van der Waals surface area contributed by atoms with Gasteiger partial charge in [0.1, 0.15) is 5.82 Å². The molecule has 2 N–H and O–H groups in total. The third-order valence-corrected chi connectivity index (χ3v) is 6.42. The van der Waals surface area contributed by atoms with Crippen molar-refractivity contribution in [2.75, 3.05) is 23.9 Å². The summed E-state index contributed by atoms with van der Waals surface area (Å²) in [7, 11) is 3.97. The highest BCUT2D eigenvalue weighted by Crippen LogP contribution is 2.50. The van der Waals surface area contributed by atoms with Crippen molar-refractivity contribution in [3.63, 3.8) is 0 Å². The summed E-state index contributed by atoms with van der Waals surface area (Å²) in [4.78, 5) is 17.5. The molecule has 2 aliphatic rings. The lowest BCUT2D eigenvalue weighted by molar-refractivity contribution is -0.118. The van der Waals surface area contributed by atoms with Crippen LogP contribution in [0.5, 0.6) is 0 Å². The SMILES string of the molecule is Cc1ccc(N2C(N)=C(C#N)C(c3ccc(N(C)C)cc3)C3=C2CC(C)(C)CC3=O)cc1. The Morgan fingerprint density at radius 3 is 2.25 bits per heavy atom. The Kier molecular flexibility index (Phi) is 5.34. The Morgan fingerprint density at radius 1 is 1.06 bits per heavy atom. The van der Waals surface area contributed by atoms with E-state index in [4.69, 9.17) is 5.73 Å². The van der Waals surface area contributed by atoms with Crippen molar-refractivity contribution in [2.24, 2.45) is 11.1 Å². The number of carbonyl (C=O) groups is 1. The third-order valence-electron chi connectivity index (χ3n) is 6.42. The molecule has 0 saturated carbocycles. The Bertz CT molecular complexity index is 1160. The normalized spacial score (nSPS) is 20.2. The van der Waals surface area contributed by atoms with Crippen LogP contribution in [0.15, 0.2) is 71.2 Å². The maximum atomic E-state index is 13.5. The van der Waals surface area contributed by atoms with Gasteiger partial charge in [0.15, 0.2) is 5.78 Å². The van der Waals surface area contributed by atoms with E-state index in [1.165, 1.54) is 0 Å². The number of ketones is 1. The number of allylic oxidation sites excluding steroid dienone is 3. The predicted octanol–water partition coefficient (Wildman–Crippen LogP) is 5.00. The van der Waals surface area contributed by atoms with E-state index in [0.29, 0.717) is 29.8 Å². The predicted molar refractivity (Wildman–Crippen MR) is 129 cm³/mol. The van der Waals surface area contributed by atoms with E-state index in [1.807, 2.05) is 79.3 Å². The van der Waals surface area contributed by atoms with E-state index < -0.39 is 5.92 Å². The first kappa shape index (κ1) is 21.7. The van der Waals surface area contributed by atoms with Crippen LogP contribution in [0, 0.1) is 23.7 Å². The first-order valence-electron chi connectivity index (χ1n) is 10.9. The van der Waals surface area contributed by atoms with Gasteiger partial charge < -0.3 is 10.6 Å². The van der Waals surface area contributed by atoms with E-state index in [0.717, 1.165) is 28.2 Å². The Balaban J connectivity index is 1.95. The summed E-state index contributed by atoms with van der Waals surface area (Å²) in [5, 5.41) is 10.2. The molecule has 0 fully saturated rings. The van der Waals surface area contributed by atoms with Gasteiger partial charge in [-0.2, -0.15) is 5.26 Å². The summed E-state index contributed by atoms with van der Waals surface area (Å²) in [6.07, 6.45) is 1.17. The highest BCUT2D eigenvalue weighted by atomic mass is 16.1. The molecule has 0 aromatic heterocycles. The average Bonchev–Trinajstić information content (AvgIpc) is 2.73. The summed E-state index contributed by atoms with van der Waals surface area (Å²) in [5.41, 5.74) is 12.5. The van der Waals surface area contributed by atoms with Crippen LogP contribution in [0.4, 0.5) is 11.4 Å². The summed E-state index contributed by atoms with van der Waals surface area (Å²) < 4.78 is 0. The molecule has 4 rings (SSSR count). The zero-order valence-electron chi connectivity index (χ0n) is 19.4. The first-order chi connectivity index (χ1) is 15.1. The topological polar surface area (TPSA) is 73.4 Å². The van der Waals surface area contributed by atoms with Crippen LogP contribution < -0.4 is 15.5 Å². The molecule has 164 valence electrons. The van der Waals surface area contributed by atoms with Crippen LogP contribution in [0.3, 0.4) is 0 Å². The van der Waals surface area contributed by atoms with Gasteiger partial charge in [-0.3, -0.25) is 9.69 Å². The van der Waals surface area contributed by atoms with Gasteiger partial charge >= 0.3 is 0 Å². The highest BCUT2D eigenvalue weighted by Gasteiger charge is 2.44. The molecule has 0 radical (unpaired) electrons. The van der Waals surface area contributed by atoms with Crippen LogP contribution in [-0.4, -0.2) is 19.9 Å². The van der Waals surface area contributed by atoms with Gasteiger partial charge in [-0.05, 0) is 48.6 Å². The van der Waals surface area contributed by atoms with Gasteiger partial charge in [0.25, 0.3) is 0 Å². The van der Waals surface area contributed by atoms with E-state index in [-0.39, 0.29) is 11.2 Å². The van der Waals surface area contributed by atoms with E-state index >= 15 is 0 Å². The molecule has 1 aliphatic carbocycles. The third kappa shape index (κ3) is 3.67. The van der Waals surface area contributed by atoms with Crippen molar-refractivity contribution in [3.05, 3.63) is 82.3 Å². The minimum Gasteiger partial charge on any atom is -0.384 e. The lowest BCUT2D eigenvalue weighted by Crippen LogP contribution is -2.42. The number of nitrogens with zero attached hydrogens (tertiary/aromatic N) is 3. The smallest absolute Gasteiger partial charge is 0.162 e. The fourth-order valence-corrected chi connectivity index (χ4v) is 4.80. The van der Waals surface area contributed by atoms with Crippen LogP contribution in [0.1, 0.15) is 43.7 Å². The molecule has 0 bridgehead atoms. The maximum absolute atomic E-state index is 13.5. The van der Waals surface area contributed by atoms with Crippen LogP contribution in [0.25, 0.3) is 0 Å². The second-order valence-corrected chi connectivity index (χ2v) is 9.80. The quantitative estimate of drug-likeness (QED) is 0.747. The molecule has 0 spiro atoms. The highest BCUT2D eigenvalue weighted by molar-refractivity contribution is 6.01. The summed E-state index contributed by atoms with van der Waals surface area (Å²) in [5.74, 6) is 0.0501.